The molecular formula is C30H20NO3P. The van der Waals surface area contributed by atoms with Crippen molar-refractivity contribution in [1.29, 1.82) is 0 Å². The molecule has 0 fully saturated rings. The molecule has 5 aromatic carbocycles. The molecule has 0 bridgehead atoms. The lowest BCUT2D eigenvalue weighted by Crippen LogP contribution is -2.30. The molecule has 2 aliphatic rings. The van der Waals surface area contributed by atoms with Crippen molar-refractivity contribution >= 4 is 40.1 Å². The summed E-state index contributed by atoms with van der Waals surface area (Å²) in [6.07, 6.45) is 0. The number of ether oxygens (including phenoxy) is 2. The Morgan fingerprint density at radius 3 is 1.77 bits per heavy atom. The van der Waals surface area contributed by atoms with Crippen LogP contribution in [0.4, 0.5) is 17.1 Å². The maximum Gasteiger partial charge on any atom is 0.178 e. The highest BCUT2D eigenvalue weighted by Crippen LogP contribution is 2.54. The minimum absolute atomic E-state index is 0.606. The summed E-state index contributed by atoms with van der Waals surface area (Å²) in [5.41, 5.74) is 2.79. The summed E-state index contributed by atoms with van der Waals surface area (Å²) in [5.74, 6) is 2.80. The molecule has 2 heterocycles. The number of nitrogens with zero attached hydrogens (tertiary/aromatic N) is 1. The van der Waals surface area contributed by atoms with Gasteiger partial charge in [-0.05, 0) is 48.5 Å². The predicted molar refractivity (Wildman–Crippen MR) is 141 cm³/mol. The molecule has 0 amide bonds. The van der Waals surface area contributed by atoms with Crippen molar-refractivity contribution in [3.05, 3.63) is 121 Å². The summed E-state index contributed by atoms with van der Waals surface area (Å²) in [4.78, 5) is 2.16. The first-order valence-corrected chi connectivity index (χ1v) is 13.2. The largest absolute Gasteiger partial charge is 0.456 e. The highest BCUT2D eigenvalue weighted by Gasteiger charge is 2.39. The number of hydrogen-bond donors (Lipinski definition) is 0. The van der Waals surface area contributed by atoms with E-state index in [-0.39, 0.29) is 0 Å². The van der Waals surface area contributed by atoms with Crippen molar-refractivity contribution in [3.63, 3.8) is 0 Å². The highest BCUT2D eigenvalue weighted by atomic mass is 31.2. The standard InChI is InChI=1S/C30H20NO3P/c32-35(22-10-2-1-3-11-22)29-17-9-8-16-27(29)34-28-20-21(18-19-30(28)35)31-23-12-4-6-14-25(23)33-26-15-7-5-13-24(26)31/h1-20H. The summed E-state index contributed by atoms with van der Waals surface area (Å²) in [6, 6.07) is 39.2. The van der Waals surface area contributed by atoms with Crippen molar-refractivity contribution in [1.82, 2.24) is 0 Å². The lowest BCUT2D eigenvalue weighted by Gasteiger charge is -2.34. The molecule has 35 heavy (non-hydrogen) atoms. The second kappa shape index (κ2) is 7.63. The Hall–Kier alpha value is -4.27. The van der Waals surface area contributed by atoms with Gasteiger partial charge >= 0.3 is 0 Å². The Labute approximate surface area is 203 Å². The van der Waals surface area contributed by atoms with Gasteiger partial charge in [0, 0.05) is 11.4 Å². The van der Waals surface area contributed by atoms with Gasteiger partial charge in [-0.15, -0.1) is 0 Å². The van der Waals surface area contributed by atoms with E-state index in [1.165, 1.54) is 0 Å². The average molecular weight is 473 g/mol. The molecule has 0 aromatic heterocycles. The number of rotatable bonds is 2. The third-order valence-electron chi connectivity index (χ3n) is 6.52. The zero-order valence-corrected chi connectivity index (χ0v) is 19.6. The summed E-state index contributed by atoms with van der Waals surface area (Å²) < 4.78 is 27.4. The van der Waals surface area contributed by atoms with Crippen LogP contribution in [0.25, 0.3) is 0 Å². The van der Waals surface area contributed by atoms with Gasteiger partial charge in [-0.2, -0.15) is 0 Å². The first-order chi connectivity index (χ1) is 17.2. The van der Waals surface area contributed by atoms with Gasteiger partial charge in [0.1, 0.15) is 11.5 Å². The van der Waals surface area contributed by atoms with E-state index in [1.54, 1.807) is 0 Å². The van der Waals surface area contributed by atoms with Crippen LogP contribution in [0.2, 0.25) is 0 Å². The topological polar surface area (TPSA) is 38.8 Å². The molecule has 1 unspecified atom stereocenters. The molecule has 0 spiro atoms. The smallest absolute Gasteiger partial charge is 0.178 e. The van der Waals surface area contributed by atoms with Gasteiger partial charge in [-0.25, -0.2) is 0 Å². The van der Waals surface area contributed by atoms with Crippen LogP contribution in [0.1, 0.15) is 0 Å². The van der Waals surface area contributed by atoms with Crippen molar-refractivity contribution in [2.75, 3.05) is 4.90 Å². The number of anilines is 3. The molecule has 0 saturated heterocycles. The fourth-order valence-electron chi connectivity index (χ4n) is 4.93. The lowest BCUT2D eigenvalue weighted by molar-refractivity contribution is 0.476. The van der Waals surface area contributed by atoms with Crippen LogP contribution in [0, 0.1) is 0 Å². The SMILES string of the molecule is O=P1(c2ccccc2)c2ccccc2Oc2cc(N3c4ccccc4Oc4ccccc43)ccc21. The van der Waals surface area contributed by atoms with E-state index in [0.29, 0.717) is 16.8 Å². The minimum atomic E-state index is -3.11. The average Bonchev–Trinajstić information content (AvgIpc) is 2.92. The van der Waals surface area contributed by atoms with Gasteiger partial charge in [0.05, 0.1) is 27.7 Å². The molecule has 1 atom stereocenters. The normalized spacial score (nSPS) is 17.2. The Morgan fingerprint density at radius 2 is 1.06 bits per heavy atom. The van der Waals surface area contributed by atoms with Crippen molar-refractivity contribution in [2.45, 2.75) is 0 Å². The van der Waals surface area contributed by atoms with E-state index in [1.807, 2.05) is 121 Å². The molecule has 5 heteroatoms. The van der Waals surface area contributed by atoms with Crippen LogP contribution in [-0.4, -0.2) is 0 Å². The third kappa shape index (κ3) is 2.97. The molecule has 4 nitrogen and oxygen atoms in total. The van der Waals surface area contributed by atoms with E-state index < -0.39 is 7.14 Å². The molecule has 5 aromatic rings. The molecule has 0 radical (unpaired) electrons. The Morgan fingerprint density at radius 1 is 0.514 bits per heavy atom. The van der Waals surface area contributed by atoms with Crippen molar-refractivity contribution in [3.8, 4) is 23.0 Å². The van der Waals surface area contributed by atoms with E-state index in [4.69, 9.17) is 9.47 Å². The number of benzene rings is 5. The van der Waals surface area contributed by atoms with Gasteiger partial charge in [-0.3, -0.25) is 0 Å². The predicted octanol–water partition coefficient (Wildman–Crippen LogP) is 7.01. The highest BCUT2D eigenvalue weighted by molar-refractivity contribution is 7.85. The first-order valence-electron chi connectivity index (χ1n) is 11.5. The maximum atomic E-state index is 14.9. The van der Waals surface area contributed by atoms with E-state index in [2.05, 4.69) is 4.90 Å². The van der Waals surface area contributed by atoms with Gasteiger partial charge in [0.2, 0.25) is 0 Å². The second-order valence-electron chi connectivity index (χ2n) is 8.54. The molecule has 7 rings (SSSR count). The molecule has 2 aliphatic heterocycles. The molecule has 0 saturated carbocycles. The van der Waals surface area contributed by atoms with Crippen LogP contribution >= 0.6 is 7.14 Å². The molecular weight excluding hydrogens is 453 g/mol. The van der Waals surface area contributed by atoms with E-state index in [9.17, 15) is 4.57 Å². The first kappa shape index (κ1) is 20.1. The van der Waals surface area contributed by atoms with Crippen LogP contribution in [0.15, 0.2) is 121 Å². The van der Waals surface area contributed by atoms with Crippen LogP contribution in [0.5, 0.6) is 23.0 Å². The van der Waals surface area contributed by atoms with E-state index >= 15 is 0 Å². The summed E-state index contributed by atoms with van der Waals surface area (Å²) in [5, 5.41) is 2.24. The van der Waals surface area contributed by atoms with Crippen molar-refractivity contribution < 1.29 is 14.0 Å². The monoisotopic (exact) mass is 473 g/mol. The molecule has 0 aliphatic carbocycles. The number of fused-ring (bicyclic) bond motifs is 4. The Bertz CT molecular complexity index is 1600. The third-order valence-corrected chi connectivity index (χ3v) is 9.64. The zero-order chi connectivity index (χ0) is 23.4. The second-order valence-corrected chi connectivity index (χ2v) is 11.2. The lowest BCUT2D eigenvalue weighted by atomic mass is 10.1. The summed E-state index contributed by atoms with van der Waals surface area (Å²) in [7, 11) is -3.11. The number of para-hydroxylation sites is 5. The Balaban J connectivity index is 1.45. The minimum Gasteiger partial charge on any atom is -0.456 e. The molecule has 0 N–H and O–H groups in total. The van der Waals surface area contributed by atoms with Crippen LogP contribution in [0.3, 0.4) is 0 Å². The van der Waals surface area contributed by atoms with Gasteiger partial charge in [-0.1, -0.05) is 66.7 Å². The van der Waals surface area contributed by atoms with E-state index in [0.717, 1.165) is 39.2 Å². The quantitative estimate of drug-likeness (QED) is 0.253. The van der Waals surface area contributed by atoms with Gasteiger partial charge in [0.15, 0.2) is 18.6 Å². The van der Waals surface area contributed by atoms with Gasteiger partial charge in [0.25, 0.3) is 0 Å². The van der Waals surface area contributed by atoms with Crippen molar-refractivity contribution in [2.24, 2.45) is 0 Å². The maximum absolute atomic E-state index is 14.9. The van der Waals surface area contributed by atoms with Gasteiger partial charge < -0.3 is 18.9 Å². The van der Waals surface area contributed by atoms with Crippen LogP contribution < -0.4 is 30.3 Å². The fourth-order valence-corrected chi connectivity index (χ4v) is 7.77. The molecule has 168 valence electrons. The fraction of sp³-hybridized carbons (Fsp3) is 0. The number of hydrogen-bond acceptors (Lipinski definition) is 4. The Kier molecular flexibility index (Phi) is 4.39. The van der Waals surface area contributed by atoms with Crippen LogP contribution in [-0.2, 0) is 4.57 Å². The zero-order valence-electron chi connectivity index (χ0n) is 18.7. The summed E-state index contributed by atoms with van der Waals surface area (Å²) in [6.45, 7) is 0. The summed E-state index contributed by atoms with van der Waals surface area (Å²) >= 11 is 0.